The number of ether oxygens (including phenoxy) is 2. The van der Waals surface area contributed by atoms with Gasteiger partial charge in [-0.3, -0.25) is 0 Å². The molecule has 2 aromatic carbocycles. The first-order chi connectivity index (χ1) is 10.2. The van der Waals surface area contributed by atoms with Crippen molar-refractivity contribution in [2.24, 2.45) is 0 Å². The van der Waals surface area contributed by atoms with Crippen molar-refractivity contribution in [1.29, 1.82) is 0 Å². The van der Waals surface area contributed by atoms with E-state index in [0.717, 1.165) is 12.1 Å². The smallest absolute Gasteiger partial charge is 0.165 e. The molecule has 2 aromatic rings. The van der Waals surface area contributed by atoms with E-state index in [4.69, 9.17) is 21.1 Å². The van der Waals surface area contributed by atoms with Gasteiger partial charge in [-0.05, 0) is 29.8 Å². The average molecular weight is 310 g/mol. The molecule has 0 heterocycles. The van der Waals surface area contributed by atoms with Gasteiger partial charge in [-0.15, -0.1) is 0 Å². The zero-order chi connectivity index (χ0) is 15.1. The molecule has 0 radical (unpaired) electrons. The summed E-state index contributed by atoms with van der Waals surface area (Å²) in [5.41, 5.74) is 1.02. The number of methoxy groups -OCH3 is 1. The lowest BCUT2D eigenvalue weighted by Crippen LogP contribution is -2.18. The van der Waals surface area contributed by atoms with Crippen molar-refractivity contribution in [3.8, 4) is 11.5 Å². The molecule has 0 amide bonds. The first-order valence-electron chi connectivity index (χ1n) is 6.61. The Hall–Kier alpha value is -1.62. The van der Waals surface area contributed by atoms with E-state index in [0.29, 0.717) is 23.9 Å². The number of benzene rings is 2. The minimum Gasteiger partial charge on any atom is -0.453 e. The molecular weight excluding hydrogens is 293 g/mol. The molecule has 5 heteroatoms. The van der Waals surface area contributed by atoms with Crippen LogP contribution in [0.15, 0.2) is 42.5 Å². The lowest BCUT2D eigenvalue weighted by atomic mass is 10.2. The molecule has 21 heavy (non-hydrogen) atoms. The van der Waals surface area contributed by atoms with Gasteiger partial charge in [-0.1, -0.05) is 29.8 Å². The summed E-state index contributed by atoms with van der Waals surface area (Å²) in [7, 11) is 1.66. The van der Waals surface area contributed by atoms with E-state index in [-0.39, 0.29) is 5.75 Å². The number of nitrogens with one attached hydrogen (secondary N) is 1. The summed E-state index contributed by atoms with van der Waals surface area (Å²) in [6.45, 7) is 2.10. The third-order valence-corrected chi connectivity index (χ3v) is 3.16. The lowest BCUT2D eigenvalue weighted by molar-refractivity contribution is 0.199. The van der Waals surface area contributed by atoms with Crippen molar-refractivity contribution in [2.45, 2.75) is 6.54 Å². The van der Waals surface area contributed by atoms with E-state index in [1.54, 1.807) is 37.4 Å². The van der Waals surface area contributed by atoms with Crippen LogP contribution in [0.2, 0.25) is 5.02 Å². The molecule has 0 atom stereocenters. The molecule has 1 N–H and O–H groups in total. The molecule has 112 valence electrons. The highest BCUT2D eigenvalue weighted by Crippen LogP contribution is 2.31. The minimum absolute atomic E-state index is 0.158. The third kappa shape index (κ3) is 4.70. The molecule has 0 spiro atoms. The van der Waals surface area contributed by atoms with Gasteiger partial charge in [0.15, 0.2) is 11.6 Å². The van der Waals surface area contributed by atoms with E-state index in [9.17, 15) is 4.39 Å². The molecule has 0 aromatic heterocycles. The van der Waals surface area contributed by atoms with E-state index < -0.39 is 5.82 Å². The van der Waals surface area contributed by atoms with Crippen LogP contribution >= 0.6 is 11.6 Å². The maximum absolute atomic E-state index is 13.5. The fraction of sp³-hybridized carbons (Fsp3) is 0.250. The summed E-state index contributed by atoms with van der Waals surface area (Å²) in [5.74, 6) is 0.173. The highest BCUT2D eigenvalue weighted by Gasteiger charge is 2.07. The van der Waals surface area contributed by atoms with Gasteiger partial charge in [0.1, 0.15) is 5.75 Å². The fourth-order valence-corrected chi connectivity index (χ4v) is 2.03. The predicted molar refractivity (Wildman–Crippen MR) is 81.5 cm³/mol. The Bertz CT molecular complexity index is 592. The molecule has 0 aliphatic rings. The summed E-state index contributed by atoms with van der Waals surface area (Å²) in [4.78, 5) is 0. The monoisotopic (exact) mass is 309 g/mol. The Balaban J connectivity index is 2.01. The Morgan fingerprint density at radius 2 is 1.95 bits per heavy atom. The molecule has 0 fully saturated rings. The summed E-state index contributed by atoms with van der Waals surface area (Å²) < 4.78 is 24.0. The van der Waals surface area contributed by atoms with Crippen LogP contribution in [-0.4, -0.2) is 20.3 Å². The van der Waals surface area contributed by atoms with Gasteiger partial charge in [-0.25, -0.2) is 4.39 Å². The molecule has 0 aliphatic heterocycles. The van der Waals surface area contributed by atoms with Crippen molar-refractivity contribution in [3.05, 3.63) is 58.9 Å². The summed E-state index contributed by atoms with van der Waals surface area (Å²) in [5, 5.41) is 3.67. The van der Waals surface area contributed by atoms with Gasteiger partial charge in [0, 0.05) is 20.2 Å². The molecule has 0 saturated heterocycles. The largest absolute Gasteiger partial charge is 0.453 e. The molecule has 0 aliphatic carbocycles. The summed E-state index contributed by atoms with van der Waals surface area (Å²) in [6, 6.07) is 11.7. The highest BCUT2D eigenvalue weighted by atomic mass is 35.5. The van der Waals surface area contributed by atoms with Crippen LogP contribution in [0.25, 0.3) is 0 Å². The quantitative estimate of drug-likeness (QED) is 0.784. The van der Waals surface area contributed by atoms with Gasteiger partial charge in [0.25, 0.3) is 0 Å². The molecule has 2 rings (SSSR count). The van der Waals surface area contributed by atoms with Crippen molar-refractivity contribution in [1.82, 2.24) is 5.32 Å². The normalized spacial score (nSPS) is 10.6. The minimum atomic E-state index is -0.418. The van der Waals surface area contributed by atoms with Gasteiger partial charge in [0.2, 0.25) is 0 Å². The summed E-state index contributed by atoms with van der Waals surface area (Å²) in [6.07, 6.45) is 0. The second-order valence-electron chi connectivity index (χ2n) is 4.47. The predicted octanol–water partition coefficient (Wildman–Crippen LogP) is 4.01. The Labute approximate surface area is 128 Å². The van der Waals surface area contributed by atoms with Crippen molar-refractivity contribution in [2.75, 3.05) is 20.3 Å². The van der Waals surface area contributed by atoms with E-state index in [1.165, 1.54) is 6.07 Å². The van der Waals surface area contributed by atoms with Crippen molar-refractivity contribution >= 4 is 11.6 Å². The van der Waals surface area contributed by atoms with Crippen LogP contribution in [0.4, 0.5) is 4.39 Å². The average Bonchev–Trinajstić information content (AvgIpc) is 2.48. The van der Waals surface area contributed by atoms with Crippen molar-refractivity contribution < 1.29 is 13.9 Å². The van der Waals surface area contributed by atoms with Crippen LogP contribution in [0.5, 0.6) is 11.5 Å². The molecule has 0 bridgehead atoms. The van der Waals surface area contributed by atoms with Crippen LogP contribution in [0.1, 0.15) is 5.56 Å². The van der Waals surface area contributed by atoms with E-state index in [2.05, 4.69) is 5.32 Å². The third-order valence-electron chi connectivity index (χ3n) is 2.86. The number of hydrogen-bond donors (Lipinski definition) is 1. The first kappa shape index (κ1) is 15.8. The van der Waals surface area contributed by atoms with Crippen LogP contribution in [0, 0.1) is 5.82 Å². The summed E-state index contributed by atoms with van der Waals surface area (Å²) >= 11 is 6.17. The van der Waals surface area contributed by atoms with Crippen LogP contribution in [-0.2, 0) is 11.3 Å². The molecular formula is C16H17ClFNO2. The topological polar surface area (TPSA) is 30.5 Å². The van der Waals surface area contributed by atoms with Crippen LogP contribution in [0.3, 0.4) is 0 Å². The zero-order valence-corrected chi connectivity index (χ0v) is 12.5. The Kier molecular flexibility index (Phi) is 5.99. The SMILES string of the molecule is COCCNCc1ccc(Oc2ccccc2F)c(Cl)c1. The Morgan fingerprint density at radius 1 is 1.14 bits per heavy atom. The molecule has 0 unspecified atom stereocenters. The van der Waals surface area contributed by atoms with E-state index >= 15 is 0 Å². The molecule has 0 saturated carbocycles. The zero-order valence-electron chi connectivity index (χ0n) is 11.7. The highest BCUT2D eigenvalue weighted by molar-refractivity contribution is 6.32. The maximum Gasteiger partial charge on any atom is 0.165 e. The second-order valence-corrected chi connectivity index (χ2v) is 4.87. The van der Waals surface area contributed by atoms with Crippen molar-refractivity contribution in [3.63, 3.8) is 0 Å². The fourth-order valence-electron chi connectivity index (χ4n) is 1.79. The first-order valence-corrected chi connectivity index (χ1v) is 6.99. The van der Waals surface area contributed by atoms with Gasteiger partial charge in [0.05, 0.1) is 11.6 Å². The number of rotatable bonds is 7. The lowest BCUT2D eigenvalue weighted by Gasteiger charge is -2.10. The second kappa shape index (κ2) is 7.98. The maximum atomic E-state index is 13.5. The van der Waals surface area contributed by atoms with E-state index in [1.807, 2.05) is 6.07 Å². The number of para-hydroxylation sites is 1. The number of hydrogen-bond acceptors (Lipinski definition) is 3. The van der Waals surface area contributed by atoms with Crippen LogP contribution < -0.4 is 10.1 Å². The number of halogens is 2. The van der Waals surface area contributed by atoms with Gasteiger partial charge < -0.3 is 14.8 Å². The van der Waals surface area contributed by atoms with Gasteiger partial charge in [-0.2, -0.15) is 0 Å². The van der Waals surface area contributed by atoms with Gasteiger partial charge >= 0.3 is 0 Å². The Morgan fingerprint density at radius 3 is 2.67 bits per heavy atom. The standard InChI is InChI=1S/C16H17ClFNO2/c1-20-9-8-19-11-12-6-7-15(13(17)10-12)21-16-5-3-2-4-14(16)18/h2-7,10,19H,8-9,11H2,1H3. The molecule has 3 nitrogen and oxygen atoms in total.